The zero-order valence-electron chi connectivity index (χ0n) is 15.7. The Kier molecular flexibility index (Phi) is 4.62. The molecular formula is C23H30O2. The van der Waals surface area contributed by atoms with Crippen LogP contribution in [0.5, 0.6) is 5.75 Å². The third-order valence-corrected chi connectivity index (χ3v) is 6.90. The van der Waals surface area contributed by atoms with E-state index in [2.05, 4.69) is 43.4 Å². The number of hydrogen-bond acceptors (Lipinski definition) is 2. The van der Waals surface area contributed by atoms with Crippen molar-refractivity contribution in [1.82, 2.24) is 0 Å². The molecule has 0 saturated heterocycles. The van der Waals surface area contributed by atoms with Crippen molar-refractivity contribution in [1.29, 1.82) is 0 Å². The molecule has 0 aliphatic heterocycles. The maximum absolute atomic E-state index is 5.53. The summed E-state index contributed by atoms with van der Waals surface area (Å²) in [5, 5.41) is 0. The fourth-order valence-electron chi connectivity index (χ4n) is 5.74. The molecule has 3 aliphatic carbocycles. The van der Waals surface area contributed by atoms with Crippen molar-refractivity contribution in [2.45, 2.75) is 50.9 Å². The maximum atomic E-state index is 5.53. The van der Waals surface area contributed by atoms with Crippen LogP contribution in [0.15, 0.2) is 42.2 Å². The third-order valence-electron chi connectivity index (χ3n) is 6.90. The van der Waals surface area contributed by atoms with Gasteiger partial charge in [-0.05, 0) is 84.3 Å². The van der Waals surface area contributed by atoms with Gasteiger partial charge in [-0.25, -0.2) is 0 Å². The Hall–Kier alpha value is -1.70. The van der Waals surface area contributed by atoms with E-state index >= 15 is 0 Å². The molecule has 134 valence electrons. The molecular weight excluding hydrogens is 308 g/mol. The lowest BCUT2D eigenvalue weighted by Crippen LogP contribution is -2.38. The van der Waals surface area contributed by atoms with Crippen molar-refractivity contribution < 1.29 is 9.47 Å². The van der Waals surface area contributed by atoms with Crippen LogP contribution in [0, 0.1) is 17.8 Å². The van der Waals surface area contributed by atoms with Crippen molar-refractivity contribution in [2.24, 2.45) is 17.8 Å². The topological polar surface area (TPSA) is 18.5 Å². The van der Waals surface area contributed by atoms with Gasteiger partial charge in [0.15, 0.2) is 0 Å². The van der Waals surface area contributed by atoms with Crippen LogP contribution in [-0.2, 0) is 4.74 Å². The van der Waals surface area contributed by atoms with Gasteiger partial charge < -0.3 is 9.47 Å². The molecule has 25 heavy (non-hydrogen) atoms. The van der Waals surface area contributed by atoms with Crippen LogP contribution < -0.4 is 4.74 Å². The Labute approximate surface area is 151 Å². The first-order valence-corrected chi connectivity index (χ1v) is 9.83. The zero-order chi connectivity index (χ0) is 17.4. The summed E-state index contributed by atoms with van der Waals surface area (Å²) in [5.74, 6) is 5.51. The number of ether oxygens (including phenoxy) is 2. The largest absolute Gasteiger partial charge is 0.497 e. The fourth-order valence-corrected chi connectivity index (χ4v) is 5.74. The van der Waals surface area contributed by atoms with Crippen molar-refractivity contribution >= 4 is 0 Å². The number of benzene rings is 1. The highest BCUT2D eigenvalue weighted by Crippen LogP contribution is 2.56. The summed E-state index contributed by atoms with van der Waals surface area (Å²) in [6.07, 6.45) is 13.5. The van der Waals surface area contributed by atoms with Gasteiger partial charge in [0.05, 0.1) is 14.2 Å². The van der Waals surface area contributed by atoms with Crippen LogP contribution in [0.4, 0.5) is 0 Å². The summed E-state index contributed by atoms with van der Waals surface area (Å²) in [7, 11) is 3.54. The monoisotopic (exact) mass is 338 g/mol. The average molecular weight is 338 g/mol. The van der Waals surface area contributed by atoms with Crippen LogP contribution in [0.3, 0.4) is 0 Å². The molecule has 0 amide bonds. The lowest BCUT2D eigenvalue weighted by atomic mass is 9.56. The van der Waals surface area contributed by atoms with Gasteiger partial charge >= 0.3 is 0 Å². The summed E-state index contributed by atoms with van der Waals surface area (Å²) in [6.45, 7) is 2.45. The number of methoxy groups -OCH3 is 2. The van der Waals surface area contributed by atoms with E-state index in [0.717, 1.165) is 29.8 Å². The van der Waals surface area contributed by atoms with E-state index in [9.17, 15) is 0 Å². The molecule has 1 aromatic carbocycles. The summed E-state index contributed by atoms with van der Waals surface area (Å²) >= 11 is 0. The van der Waals surface area contributed by atoms with Crippen molar-refractivity contribution in [2.75, 3.05) is 14.2 Å². The van der Waals surface area contributed by atoms with E-state index in [1.165, 1.54) is 25.7 Å². The number of hydrogen-bond donors (Lipinski definition) is 0. The molecule has 0 heterocycles. The predicted molar refractivity (Wildman–Crippen MR) is 102 cm³/mol. The number of rotatable bonds is 3. The Morgan fingerprint density at radius 2 is 1.84 bits per heavy atom. The first-order valence-electron chi connectivity index (χ1n) is 9.83. The molecule has 0 spiro atoms. The summed E-state index contributed by atoms with van der Waals surface area (Å²) in [4.78, 5) is 0. The van der Waals surface area contributed by atoms with Gasteiger partial charge in [-0.3, -0.25) is 0 Å². The fraction of sp³-hybridized carbons (Fsp3) is 0.565. The van der Waals surface area contributed by atoms with Gasteiger partial charge in [0.1, 0.15) is 11.5 Å². The van der Waals surface area contributed by atoms with Gasteiger partial charge in [-0.15, -0.1) is 0 Å². The Balaban J connectivity index is 1.70. The average Bonchev–Trinajstić information content (AvgIpc) is 2.68. The Morgan fingerprint density at radius 3 is 2.56 bits per heavy atom. The minimum absolute atomic E-state index is 0.604. The van der Waals surface area contributed by atoms with Gasteiger partial charge in [-0.1, -0.05) is 31.9 Å². The van der Waals surface area contributed by atoms with Crippen molar-refractivity contribution in [3.63, 3.8) is 0 Å². The van der Waals surface area contributed by atoms with Gasteiger partial charge in [0.2, 0.25) is 0 Å². The van der Waals surface area contributed by atoms with Crippen molar-refractivity contribution in [3.8, 4) is 5.75 Å². The molecule has 5 atom stereocenters. The minimum atomic E-state index is 0.604. The number of fused-ring (bicyclic) bond motifs is 3. The van der Waals surface area contributed by atoms with Crippen molar-refractivity contribution in [3.05, 3.63) is 53.3 Å². The lowest BCUT2D eigenvalue weighted by Gasteiger charge is -2.48. The van der Waals surface area contributed by atoms with E-state index in [1.54, 1.807) is 25.3 Å². The molecule has 2 nitrogen and oxygen atoms in total. The van der Waals surface area contributed by atoms with Crippen LogP contribution in [-0.4, -0.2) is 14.2 Å². The SMILES string of the molecule is COC1=CCC([C@H]2[C@H]3CCCC[C@H]3c3cc(OC)ccc3[C@H]2C)C=C1. The van der Waals surface area contributed by atoms with Crippen LogP contribution in [0.2, 0.25) is 0 Å². The zero-order valence-corrected chi connectivity index (χ0v) is 15.7. The molecule has 1 unspecified atom stereocenters. The van der Waals surface area contributed by atoms with Gasteiger partial charge in [0, 0.05) is 0 Å². The van der Waals surface area contributed by atoms with Gasteiger partial charge in [-0.2, -0.15) is 0 Å². The smallest absolute Gasteiger partial charge is 0.119 e. The molecule has 4 rings (SSSR count). The summed E-state index contributed by atoms with van der Waals surface area (Å²) in [6, 6.07) is 6.81. The second-order valence-electron chi connectivity index (χ2n) is 7.98. The second kappa shape index (κ2) is 6.90. The summed E-state index contributed by atoms with van der Waals surface area (Å²) < 4.78 is 10.9. The maximum Gasteiger partial charge on any atom is 0.119 e. The third kappa shape index (κ3) is 2.90. The van der Waals surface area contributed by atoms with Crippen LogP contribution >= 0.6 is 0 Å². The molecule has 0 N–H and O–H groups in total. The predicted octanol–water partition coefficient (Wildman–Crippen LogP) is 5.81. The highest BCUT2D eigenvalue weighted by molar-refractivity contribution is 5.43. The molecule has 3 aliphatic rings. The molecule has 2 heteroatoms. The second-order valence-corrected chi connectivity index (χ2v) is 7.98. The first kappa shape index (κ1) is 16.8. The minimum Gasteiger partial charge on any atom is -0.497 e. The molecule has 1 fully saturated rings. The van der Waals surface area contributed by atoms with E-state index in [1.807, 2.05) is 0 Å². The van der Waals surface area contributed by atoms with E-state index < -0.39 is 0 Å². The van der Waals surface area contributed by atoms with E-state index in [-0.39, 0.29) is 0 Å². The highest BCUT2D eigenvalue weighted by atomic mass is 16.5. The summed E-state index contributed by atoms with van der Waals surface area (Å²) in [5.41, 5.74) is 3.13. The highest BCUT2D eigenvalue weighted by Gasteiger charge is 2.44. The quantitative estimate of drug-likeness (QED) is 0.692. The molecule has 0 aromatic heterocycles. The molecule has 0 radical (unpaired) electrons. The standard InChI is InChI=1S/C23H30O2/c1-15-19-13-12-18(25-3)14-22(19)20-6-4-5-7-21(20)23(15)16-8-10-17(24-2)11-9-16/h8,10-16,20-21,23H,4-7,9H2,1-3H3/t15-,16?,20-,21+,23+/m1/s1. The number of allylic oxidation sites excluding steroid dienone is 3. The first-order chi connectivity index (χ1) is 12.2. The normalized spacial score (nSPS) is 33.9. The van der Waals surface area contributed by atoms with Crippen LogP contribution in [0.25, 0.3) is 0 Å². The Morgan fingerprint density at radius 1 is 1.00 bits per heavy atom. The Bertz CT molecular complexity index is 687. The molecule has 1 saturated carbocycles. The van der Waals surface area contributed by atoms with Crippen LogP contribution in [0.1, 0.15) is 62.0 Å². The lowest BCUT2D eigenvalue weighted by molar-refractivity contribution is 0.132. The molecule has 0 bridgehead atoms. The van der Waals surface area contributed by atoms with Gasteiger partial charge in [0.25, 0.3) is 0 Å². The van der Waals surface area contributed by atoms with E-state index in [0.29, 0.717) is 17.8 Å². The van der Waals surface area contributed by atoms with E-state index in [4.69, 9.17) is 9.47 Å². The molecule has 1 aromatic rings.